The molecule has 0 spiro atoms. The summed E-state index contributed by atoms with van der Waals surface area (Å²) in [5, 5.41) is 26.1. The SMILES string of the molecule is C[C@H](O)CN(CCO)CCO. The van der Waals surface area contributed by atoms with Crippen LogP contribution in [0.25, 0.3) is 0 Å². The van der Waals surface area contributed by atoms with Gasteiger partial charge in [-0.05, 0) is 6.92 Å². The molecule has 0 aliphatic rings. The largest absolute Gasteiger partial charge is 0.395 e. The zero-order valence-corrected chi connectivity index (χ0v) is 6.90. The summed E-state index contributed by atoms with van der Waals surface area (Å²) < 4.78 is 0. The highest BCUT2D eigenvalue weighted by Crippen LogP contribution is 1.90. The molecule has 0 fully saturated rings. The average Bonchev–Trinajstić information content (AvgIpc) is 1.87. The third-order valence-corrected chi connectivity index (χ3v) is 1.35. The van der Waals surface area contributed by atoms with Gasteiger partial charge in [0.15, 0.2) is 0 Å². The highest BCUT2D eigenvalue weighted by Gasteiger charge is 2.05. The van der Waals surface area contributed by atoms with Gasteiger partial charge in [0, 0.05) is 19.6 Å². The Morgan fingerprint density at radius 1 is 1.18 bits per heavy atom. The van der Waals surface area contributed by atoms with Crippen molar-refractivity contribution in [2.75, 3.05) is 32.8 Å². The quantitative estimate of drug-likeness (QED) is 0.453. The van der Waals surface area contributed by atoms with E-state index in [9.17, 15) is 0 Å². The van der Waals surface area contributed by atoms with Gasteiger partial charge < -0.3 is 15.3 Å². The van der Waals surface area contributed by atoms with Crippen LogP contribution in [0, 0.1) is 0 Å². The monoisotopic (exact) mass is 163 g/mol. The maximum absolute atomic E-state index is 8.97. The third-order valence-electron chi connectivity index (χ3n) is 1.35. The first-order chi connectivity index (χ1) is 5.20. The molecular formula is C7H17NO3. The minimum Gasteiger partial charge on any atom is -0.395 e. The van der Waals surface area contributed by atoms with Crippen molar-refractivity contribution in [3.05, 3.63) is 0 Å². The Morgan fingerprint density at radius 3 is 1.91 bits per heavy atom. The molecule has 0 aromatic carbocycles. The van der Waals surface area contributed by atoms with Gasteiger partial charge in [-0.3, -0.25) is 4.90 Å². The second-order valence-electron chi connectivity index (χ2n) is 2.60. The Labute approximate surface area is 67.1 Å². The highest BCUT2D eigenvalue weighted by atomic mass is 16.3. The van der Waals surface area contributed by atoms with Gasteiger partial charge in [-0.2, -0.15) is 0 Å². The summed E-state index contributed by atoms with van der Waals surface area (Å²) in [5.74, 6) is 0. The Morgan fingerprint density at radius 2 is 1.64 bits per heavy atom. The smallest absolute Gasteiger partial charge is 0.0639 e. The third kappa shape index (κ3) is 6.25. The summed E-state index contributed by atoms with van der Waals surface area (Å²) in [6, 6.07) is 0. The molecule has 1 atom stereocenters. The van der Waals surface area contributed by atoms with Crippen molar-refractivity contribution in [1.29, 1.82) is 0 Å². The molecule has 3 N–H and O–H groups in total. The van der Waals surface area contributed by atoms with E-state index in [2.05, 4.69) is 0 Å². The van der Waals surface area contributed by atoms with E-state index in [1.807, 2.05) is 4.90 Å². The van der Waals surface area contributed by atoms with Crippen LogP contribution < -0.4 is 0 Å². The number of aliphatic hydroxyl groups excluding tert-OH is 3. The molecule has 4 nitrogen and oxygen atoms in total. The fourth-order valence-electron chi connectivity index (χ4n) is 0.951. The van der Waals surface area contributed by atoms with Crippen LogP contribution in [0.5, 0.6) is 0 Å². The Kier molecular flexibility index (Phi) is 6.45. The maximum atomic E-state index is 8.97. The zero-order chi connectivity index (χ0) is 8.69. The molecule has 0 saturated heterocycles. The molecule has 0 saturated carbocycles. The summed E-state index contributed by atoms with van der Waals surface area (Å²) in [4.78, 5) is 1.81. The summed E-state index contributed by atoms with van der Waals surface area (Å²) in [6.45, 7) is 3.32. The van der Waals surface area contributed by atoms with Gasteiger partial charge in [0.05, 0.1) is 19.3 Å². The summed E-state index contributed by atoms with van der Waals surface area (Å²) in [6.07, 6.45) is -0.409. The molecule has 0 unspecified atom stereocenters. The van der Waals surface area contributed by atoms with Crippen molar-refractivity contribution in [3.8, 4) is 0 Å². The van der Waals surface area contributed by atoms with Crippen molar-refractivity contribution < 1.29 is 15.3 Å². The van der Waals surface area contributed by atoms with E-state index in [1.165, 1.54) is 0 Å². The standard InChI is InChI=1S/C7H17NO3/c1-7(11)6-8(2-4-9)3-5-10/h7,9-11H,2-6H2,1H3/t7-/m0/s1. The number of hydrogen-bond acceptors (Lipinski definition) is 4. The molecule has 0 bridgehead atoms. The van der Waals surface area contributed by atoms with Gasteiger partial charge in [-0.25, -0.2) is 0 Å². The Balaban J connectivity index is 3.50. The van der Waals surface area contributed by atoms with Crippen LogP contribution in [-0.2, 0) is 0 Å². The average molecular weight is 163 g/mol. The van der Waals surface area contributed by atoms with Crippen LogP contribution in [0.2, 0.25) is 0 Å². The van der Waals surface area contributed by atoms with E-state index in [4.69, 9.17) is 15.3 Å². The lowest BCUT2D eigenvalue weighted by Crippen LogP contribution is -2.35. The lowest BCUT2D eigenvalue weighted by atomic mass is 10.3. The number of aliphatic hydroxyl groups is 3. The lowest BCUT2D eigenvalue weighted by molar-refractivity contribution is 0.0972. The highest BCUT2D eigenvalue weighted by molar-refractivity contribution is 4.59. The minimum atomic E-state index is -0.409. The molecule has 4 heteroatoms. The van der Waals surface area contributed by atoms with Crippen LogP contribution >= 0.6 is 0 Å². The van der Waals surface area contributed by atoms with Crippen LogP contribution in [0.3, 0.4) is 0 Å². The summed E-state index contributed by atoms with van der Waals surface area (Å²) >= 11 is 0. The molecule has 0 aliphatic heterocycles. The second-order valence-corrected chi connectivity index (χ2v) is 2.60. The number of rotatable bonds is 6. The molecule has 0 aliphatic carbocycles. The Bertz CT molecular complexity index is 81.8. The predicted molar refractivity (Wildman–Crippen MR) is 42.3 cm³/mol. The summed E-state index contributed by atoms with van der Waals surface area (Å²) in [5.41, 5.74) is 0. The normalized spacial score (nSPS) is 13.9. The molecule has 0 aromatic heterocycles. The van der Waals surface area contributed by atoms with Crippen LogP contribution in [0.1, 0.15) is 6.92 Å². The zero-order valence-electron chi connectivity index (χ0n) is 6.90. The van der Waals surface area contributed by atoms with Gasteiger partial charge in [-0.1, -0.05) is 0 Å². The first-order valence-corrected chi connectivity index (χ1v) is 3.82. The van der Waals surface area contributed by atoms with E-state index in [0.717, 1.165) is 0 Å². The van der Waals surface area contributed by atoms with Crippen molar-refractivity contribution in [2.24, 2.45) is 0 Å². The number of hydrogen-bond donors (Lipinski definition) is 3. The number of nitrogens with zero attached hydrogens (tertiary/aromatic N) is 1. The fraction of sp³-hybridized carbons (Fsp3) is 1.00. The van der Waals surface area contributed by atoms with E-state index < -0.39 is 6.10 Å². The molecule has 0 heterocycles. The Hall–Kier alpha value is -0.160. The molecule has 11 heavy (non-hydrogen) atoms. The lowest BCUT2D eigenvalue weighted by Gasteiger charge is -2.21. The first-order valence-electron chi connectivity index (χ1n) is 3.82. The second kappa shape index (κ2) is 6.54. The maximum Gasteiger partial charge on any atom is 0.0639 e. The van der Waals surface area contributed by atoms with Gasteiger partial charge >= 0.3 is 0 Å². The molecule has 0 amide bonds. The molecule has 0 rings (SSSR count). The molecule has 0 radical (unpaired) electrons. The van der Waals surface area contributed by atoms with Crippen molar-refractivity contribution in [3.63, 3.8) is 0 Å². The minimum absolute atomic E-state index is 0.0622. The molecule has 68 valence electrons. The van der Waals surface area contributed by atoms with E-state index in [-0.39, 0.29) is 13.2 Å². The van der Waals surface area contributed by atoms with Gasteiger partial charge in [-0.15, -0.1) is 0 Å². The first kappa shape index (κ1) is 10.8. The summed E-state index contributed by atoms with van der Waals surface area (Å²) in [7, 11) is 0. The van der Waals surface area contributed by atoms with Crippen molar-refractivity contribution in [1.82, 2.24) is 4.90 Å². The van der Waals surface area contributed by atoms with E-state index >= 15 is 0 Å². The van der Waals surface area contributed by atoms with Crippen LogP contribution in [-0.4, -0.2) is 59.2 Å². The van der Waals surface area contributed by atoms with E-state index in [1.54, 1.807) is 6.92 Å². The van der Waals surface area contributed by atoms with Crippen molar-refractivity contribution >= 4 is 0 Å². The predicted octanol–water partition coefficient (Wildman–Crippen LogP) is -1.35. The van der Waals surface area contributed by atoms with Crippen LogP contribution in [0.15, 0.2) is 0 Å². The van der Waals surface area contributed by atoms with Crippen molar-refractivity contribution in [2.45, 2.75) is 13.0 Å². The fourth-order valence-corrected chi connectivity index (χ4v) is 0.951. The topological polar surface area (TPSA) is 63.9 Å². The van der Waals surface area contributed by atoms with E-state index in [0.29, 0.717) is 19.6 Å². The molecular weight excluding hydrogens is 146 g/mol. The van der Waals surface area contributed by atoms with Gasteiger partial charge in [0.25, 0.3) is 0 Å². The molecule has 0 aromatic rings. The van der Waals surface area contributed by atoms with Crippen LogP contribution in [0.4, 0.5) is 0 Å². The van der Waals surface area contributed by atoms with Gasteiger partial charge in [0.2, 0.25) is 0 Å². The van der Waals surface area contributed by atoms with Gasteiger partial charge in [0.1, 0.15) is 0 Å².